The third-order valence-electron chi connectivity index (χ3n) is 6.55. The minimum absolute atomic E-state index is 0.0850. The lowest BCUT2D eigenvalue weighted by Gasteiger charge is -2.38. The highest BCUT2D eigenvalue weighted by molar-refractivity contribution is 7.89. The highest BCUT2D eigenvalue weighted by Crippen LogP contribution is 2.38. The van der Waals surface area contributed by atoms with E-state index < -0.39 is 10.0 Å². The molecular weight excluding hydrogens is 390 g/mol. The van der Waals surface area contributed by atoms with Crippen molar-refractivity contribution in [1.29, 1.82) is 0 Å². The maximum absolute atomic E-state index is 13.1. The summed E-state index contributed by atoms with van der Waals surface area (Å²) in [5.41, 5.74) is 7.04. The molecule has 2 atom stereocenters. The normalized spacial score (nSPS) is 28.4. The predicted molar refractivity (Wildman–Crippen MR) is 111 cm³/mol. The van der Waals surface area contributed by atoms with Crippen LogP contribution in [-0.4, -0.2) is 60.7 Å². The van der Waals surface area contributed by atoms with Gasteiger partial charge in [0.25, 0.3) is 0 Å². The summed E-state index contributed by atoms with van der Waals surface area (Å²) < 4.78 is 33.3. The summed E-state index contributed by atoms with van der Waals surface area (Å²) in [5.74, 6) is 0.274. The summed E-state index contributed by atoms with van der Waals surface area (Å²) in [6.45, 7) is 1.35. The van der Waals surface area contributed by atoms with Crippen LogP contribution in [-0.2, 0) is 21.4 Å². The van der Waals surface area contributed by atoms with Gasteiger partial charge in [0, 0.05) is 31.2 Å². The molecule has 1 amide bonds. The number of ether oxygens (including phenoxy) is 1. The number of nitrogens with zero attached hydrogens (tertiary/aromatic N) is 2. The van der Waals surface area contributed by atoms with Crippen LogP contribution in [0.5, 0.6) is 0 Å². The first-order valence-electron chi connectivity index (χ1n) is 10.6. The van der Waals surface area contributed by atoms with E-state index in [0.29, 0.717) is 25.9 Å². The molecule has 2 unspecified atom stereocenters. The number of rotatable bonds is 5. The number of piperidine rings is 2. The molecule has 3 saturated heterocycles. The minimum Gasteiger partial charge on any atom is -0.445 e. The quantitative estimate of drug-likeness (QED) is 0.788. The Balaban J connectivity index is 1.26. The third-order valence-corrected chi connectivity index (χ3v) is 8.68. The lowest BCUT2D eigenvalue weighted by atomic mass is 9.99. The molecule has 29 heavy (non-hydrogen) atoms. The molecule has 8 heteroatoms. The van der Waals surface area contributed by atoms with Gasteiger partial charge in [-0.05, 0) is 50.0 Å². The zero-order chi connectivity index (χ0) is 20.4. The van der Waals surface area contributed by atoms with E-state index in [-0.39, 0.29) is 42.5 Å². The van der Waals surface area contributed by atoms with Crippen LogP contribution in [0, 0.1) is 5.92 Å². The Hall–Kier alpha value is -1.64. The van der Waals surface area contributed by atoms with Crippen molar-refractivity contribution in [2.24, 2.45) is 11.7 Å². The highest BCUT2D eigenvalue weighted by Gasteiger charge is 2.46. The number of amides is 1. The van der Waals surface area contributed by atoms with E-state index in [0.717, 1.165) is 31.2 Å². The molecule has 2 bridgehead atoms. The fraction of sp³-hybridized carbons (Fsp3) is 0.667. The molecule has 0 saturated carbocycles. The maximum Gasteiger partial charge on any atom is 0.410 e. The number of likely N-dealkylation sites (tertiary alicyclic amines) is 1. The topological polar surface area (TPSA) is 92.9 Å². The molecule has 160 valence electrons. The summed E-state index contributed by atoms with van der Waals surface area (Å²) >= 11 is 0. The van der Waals surface area contributed by atoms with Gasteiger partial charge in [0.2, 0.25) is 10.0 Å². The first kappa shape index (κ1) is 20.6. The average Bonchev–Trinajstić information content (AvgIpc) is 3.00. The van der Waals surface area contributed by atoms with Gasteiger partial charge in [-0.2, -0.15) is 4.31 Å². The van der Waals surface area contributed by atoms with E-state index in [1.807, 2.05) is 30.3 Å². The number of hydrogen-bond acceptors (Lipinski definition) is 5. The fourth-order valence-electron chi connectivity index (χ4n) is 5.11. The first-order chi connectivity index (χ1) is 13.9. The van der Waals surface area contributed by atoms with Crippen LogP contribution in [0.3, 0.4) is 0 Å². The van der Waals surface area contributed by atoms with E-state index in [4.69, 9.17) is 10.5 Å². The van der Waals surface area contributed by atoms with E-state index in [2.05, 4.69) is 0 Å². The van der Waals surface area contributed by atoms with Gasteiger partial charge in [0.05, 0.1) is 5.75 Å². The van der Waals surface area contributed by atoms with Gasteiger partial charge in [0.15, 0.2) is 0 Å². The lowest BCUT2D eigenvalue weighted by molar-refractivity contribution is 0.0838. The SMILES string of the molecule is NC1CC2CCC(C1)N2S(=O)(=O)CC1CCN(C(=O)OCc2ccccc2)CC1. The zero-order valence-electron chi connectivity index (χ0n) is 16.8. The number of fused-ring (bicyclic) bond motifs is 2. The van der Waals surface area contributed by atoms with E-state index >= 15 is 0 Å². The molecule has 2 N–H and O–H groups in total. The fourth-order valence-corrected chi connectivity index (χ4v) is 7.50. The van der Waals surface area contributed by atoms with Crippen molar-refractivity contribution in [1.82, 2.24) is 9.21 Å². The van der Waals surface area contributed by atoms with Crippen molar-refractivity contribution in [3.63, 3.8) is 0 Å². The van der Waals surface area contributed by atoms with E-state index in [1.165, 1.54) is 0 Å². The van der Waals surface area contributed by atoms with Crippen molar-refractivity contribution in [3.05, 3.63) is 35.9 Å². The average molecular weight is 422 g/mol. The van der Waals surface area contributed by atoms with Gasteiger partial charge < -0.3 is 15.4 Å². The number of benzene rings is 1. The number of nitrogens with two attached hydrogens (primary N) is 1. The number of carbonyl (C=O) groups excluding carboxylic acids is 1. The van der Waals surface area contributed by atoms with E-state index in [1.54, 1.807) is 9.21 Å². The molecule has 0 radical (unpaired) electrons. The molecule has 0 spiro atoms. The molecule has 1 aromatic carbocycles. The van der Waals surface area contributed by atoms with Crippen molar-refractivity contribution >= 4 is 16.1 Å². The van der Waals surface area contributed by atoms with E-state index in [9.17, 15) is 13.2 Å². The van der Waals surface area contributed by atoms with Crippen molar-refractivity contribution < 1.29 is 17.9 Å². The van der Waals surface area contributed by atoms with Crippen molar-refractivity contribution in [2.75, 3.05) is 18.8 Å². The Morgan fingerprint density at radius 2 is 1.66 bits per heavy atom. The van der Waals surface area contributed by atoms with Crippen LogP contribution >= 0.6 is 0 Å². The Labute approximate surface area is 173 Å². The second-order valence-corrected chi connectivity index (χ2v) is 10.6. The highest BCUT2D eigenvalue weighted by atomic mass is 32.2. The number of sulfonamides is 1. The molecule has 4 rings (SSSR count). The standard InChI is InChI=1S/C21H31N3O4S/c22-18-12-19-6-7-20(13-18)24(19)29(26,27)15-17-8-10-23(11-9-17)21(25)28-14-16-4-2-1-3-5-16/h1-5,17-20H,6-15,22H2. The second kappa shape index (κ2) is 8.62. The summed E-state index contributed by atoms with van der Waals surface area (Å²) in [6.07, 6.45) is 4.50. The molecule has 3 aliphatic rings. The summed E-state index contributed by atoms with van der Waals surface area (Å²) in [7, 11) is -3.28. The Morgan fingerprint density at radius 3 is 2.28 bits per heavy atom. The molecular formula is C21H31N3O4S. The minimum atomic E-state index is -3.28. The molecule has 0 aliphatic carbocycles. The second-order valence-electron chi connectivity index (χ2n) is 8.70. The van der Waals surface area contributed by atoms with Crippen LogP contribution in [0.4, 0.5) is 4.79 Å². The van der Waals surface area contributed by atoms with Gasteiger partial charge in [-0.15, -0.1) is 0 Å². The molecule has 3 heterocycles. The van der Waals surface area contributed by atoms with Gasteiger partial charge in [-0.1, -0.05) is 30.3 Å². The Kier molecular flexibility index (Phi) is 6.13. The van der Waals surface area contributed by atoms with Gasteiger partial charge in [0.1, 0.15) is 6.61 Å². The smallest absolute Gasteiger partial charge is 0.410 e. The molecule has 3 fully saturated rings. The van der Waals surface area contributed by atoms with Crippen LogP contribution in [0.2, 0.25) is 0 Å². The zero-order valence-corrected chi connectivity index (χ0v) is 17.6. The van der Waals surface area contributed by atoms with Crippen LogP contribution in [0.15, 0.2) is 30.3 Å². The number of hydrogen-bond donors (Lipinski definition) is 1. The van der Waals surface area contributed by atoms with Gasteiger partial charge in [-0.25, -0.2) is 13.2 Å². The monoisotopic (exact) mass is 421 g/mol. The largest absolute Gasteiger partial charge is 0.445 e. The molecule has 1 aromatic rings. The summed E-state index contributed by atoms with van der Waals surface area (Å²) in [4.78, 5) is 14.0. The van der Waals surface area contributed by atoms with Gasteiger partial charge >= 0.3 is 6.09 Å². The third kappa shape index (κ3) is 4.75. The first-order valence-corrected chi connectivity index (χ1v) is 12.3. The predicted octanol–water partition coefficient (Wildman–Crippen LogP) is 2.32. The Morgan fingerprint density at radius 1 is 1.03 bits per heavy atom. The Bertz CT molecular complexity index is 794. The van der Waals surface area contributed by atoms with Crippen LogP contribution in [0.1, 0.15) is 44.1 Å². The molecule has 3 aliphatic heterocycles. The van der Waals surface area contributed by atoms with Crippen molar-refractivity contribution in [2.45, 2.75) is 63.3 Å². The lowest BCUT2D eigenvalue weighted by Crippen LogP contribution is -2.51. The van der Waals surface area contributed by atoms with Gasteiger partial charge in [-0.3, -0.25) is 0 Å². The van der Waals surface area contributed by atoms with Crippen molar-refractivity contribution in [3.8, 4) is 0 Å². The summed E-state index contributed by atoms with van der Waals surface area (Å²) in [5, 5.41) is 0. The maximum atomic E-state index is 13.1. The van der Waals surface area contributed by atoms with Crippen LogP contribution in [0.25, 0.3) is 0 Å². The molecule has 7 nitrogen and oxygen atoms in total. The summed E-state index contributed by atoms with van der Waals surface area (Å²) in [6, 6.07) is 9.89. The molecule has 0 aromatic heterocycles. The number of carbonyl (C=O) groups is 1. The van der Waals surface area contributed by atoms with Crippen LogP contribution < -0.4 is 5.73 Å².